The van der Waals surface area contributed by atoms with Crippen LogP contribution >= 0.6 is 11.3 Å². The summed E-state index contributed by atoms with van der Waals surface area (Å²) < 4.78 is 7.42. The molecule has 0 spiro atoms. The fraction of sp³-hybridized carbons (Fsp3) is 0. The topological polar surface area (TPSA) is 22.8 Å². The molecule has 0 amide bonds. The molecule has 0 radical (unpaired) electrons. The molecule has 49 heavy (non-hydrogen) atoms. The Hall–Kier alpha value is -6.23. The lowest BCUT2D eigenvalue weighted by atomic mass is 9.96. The van der Waals surface area contributed by atoms with Gasteiger partial charge in [0.1, 0.15) is 5.82 Å². The first-order chi connectivity index (χ1) is 24.3. The van der Waals surface area contributed by atoms with Gasteiger partial charge in [0.15, 0.2) is 0 Å². The monoisotopic (exact) mass is 641 g/mol. The summed E-state index contributed by atoms with van der Waals surface area (Å²) >= 11 is 1.91. The standard InChI is InChI=1S/C45H27N3S/c1-2-12-29(13-3-1)48-38-20-10-9-19-37(38)46-45(48)28-22-24-30(25-23-28)47-39-27-26-36-33-16-8-11-21-40(33)49-44(36)42(39)41-34-17-6-4-14-31(34)32-15-5-7-18-35(32)43(41)47/h1-27H. The van der Waals surface area contributed by atoms with Gasteiger partial charge in [-0.1, -0.05) is 103 Å². The van der Waals surface area contributed by atoms with E-state index in [1.54, 1.807) is 0 Å². The molecule has 0 saturated carbocycles. The van der Waals surface area contributed by atoms with Crippen LogP contribution in [0.4, 0.5) is 0 Å². The van der Waals surface area contributed by atoms with E-state index < -0.39 is 0 Å². The maximum atomic E-state index is 5.14. The number of imidazole rings is 1. The number of aromatic nitrogens is 3. The Morgan fingerprint density at radius 1 is 0.408 bits per heavy atom. The Morgan fingerprint density at radius 3 is 1.86 bits per heavy atom. The number of fused-ring (bicyclic) bond motifs is 13. The molecule has 3 aromatic heterocycles. The van der Waals surface area contributed by atoms with E-state index in [-0.39, 0.29) is 0 Å². The highest BCUT2D eigenvalue weighted by molar-refractivity contribution is 7.26. The number of thiophene rings is 1. The van der Waals surface area contributed by atoms with Gasteiger partial charge in [-0.15, -0.1) is 11.3 Å². The lowest BCUT2D eigenvalue weighted by Crippen LogP contribution is -1.98. The van der Waals surface area contributed by atoms with Crippen molar-refractivity contribution in [1.82, 2.24) is 14.1 Å². The van der Waals surface area contributed by atoms with Crippen LogP contribution in [-0.4, -0.2) is 14.1 Å². The number of hydrogen-bond donors (Lipinski definition) is 0. The molecular weight excluding hydrogens is 615 g/mol. The SMILES string of the molecule is c1ccc(-n2c(-c3ccc(-n4c5ccc6c7ccccc7sc6c5c5c6ccccc6c6ccccc6c54)cc3)nc3ccccc32)cc1. The van der Waals surface area contributed by atoms with E-state index >= 15 is 0 Å². The molecule has 0 saturated heterocycles. The average molecular weight is 642 g/mol. The van der Waals surface area contributed by atoms with Gasteiger partial charge in [-0.25, -0.2) is 4.98 Å². The van der Waals surface area contributed by atoms with Crippen molar-refractivity contribution in [1.29, 1.82) is 0 Å². The van der Waals surface area contributed by atoms with Crippen LogP contribution in [-0.2, 0) is 0 Å². The number of hydrogen-bond acceptors (Lipinski definition) is 2. The van der Waals surface area contributed by atoms with Crippen molar-refractivity contribution in [2.75, 3.05) is 0 Å². The predicted molar refractivity (Wildman–Crippen MR) is 209 cm³/mol. The number of benzene rings is 8. The Kier molecular flexibility index (Phi) is 5.54. The maximum absolute atomic E-state index is 5.14. The summed E-state index contributed by atoms with van der Waals surface area (Å²) in [5, 5.41) is 10.4. The summed E-state index contributed by atoms with van der Waals surface area (Å²) in [6.07, 6.45) is 0. The van der Waals surface area contributed by atoms with Crippen LogP contribution in [0.2, 0.25) is 0 Å². The molecule has 3 nitrogen and oxygen atoms in total. The molecule has 4 heteroatoms. The molecule has 0 N–H and O–H groups in total. The van der Waals surface area contributed by atoms with Gasteiger partial charge in [0.05, 0.1) is 22.1 Å². The minimum atomic E-state index is 0.935. The summed E-state index contributed by atoms with van der Waals surface area (Å²) in [6.45, 7) is 0. The van der Waals surface area contributed by atoms with Crippen LogP contribution in [0.3, 0.4) is 0 Å². The van der Waals surface area contributed by atoms with Gasteiger partial charge in [-0.05, 0) is 76.8 Å². The summed E-state index contributed by atoms with van der Waals surface area (Å²) in [4.78, 5) is 5.14. The fourth-order valence-electron chi connectivity index (χ4n) is 8.02. The number of para-hydroxylation sites is 3. The van der Waals surface area contributed by atoms with E-state index in [0.29, 0.717) is 0 Å². The second-order valence-corrected chi connectivity index (χ2v) is 13.8. The molecule has 0 unspecified atom stereocenters. The highest BCUT2D eigenvalue weighted by Gasteiger charge is 2.22. The van der Waals surface area contributed by atoms with Gasteiger partial charge in [0, 0.05) is 53.3 Å². The fourth-order valence-corrected chi connectivity index (χ4v) is 9.27. The van der Waals surface area contributed by atoms with E-state index in [1.807, 2.05) is 11.3 Å². The van der Waals surface area contributed by atoms with Crippen LogP contribution in [0.5, 0.6) is 0 Å². The Bertz CT molecular complexity index is 3090. The van der Waals surface area contributed by atoms with E-state index in [2.05, 4.69) is 173 Å². The van der Waals surface area contributed by atoms with Gasteiger partial charge < -0.3 is 4.57 Å². The summed E-state index contributed by atoms with van der Waals surface area (Å²) in [6, 6.07) is 59.2. The molecule has 0 bridgehead atoms. The second-order valence-electron chi connectivity index (χ2n) is 12.7. The van der Waals surface area contributed by atoms with Crippen LogP contribution in [0.1, 0.15) is 0 Å². The number of nitrogens with zero attached hydrogens (tertiary/aromatic N) is 3. The van der Waals surface area contributed by atoms with Gasteiger partial charge >= 0.3 is 0 Å². The van der Waals surface area contributed by atoms with Crippen LogP contribution < -0.4 is 0 Å². The minimum Gasteiger partial charge on any atom is -0.309 e. The molecular formula is C45H27N3S. The van der Waals surface area contributed by atoms with Crippen molar-refractivity contribution in [2.45, 2.75) is 0 Å². The third-order valence-electron chi connectivity index (χ3n) is 10.1. The molecule has 0 aliphatic heterocycles. The third kappa shape index (κ3) is 3.75. The van der Waals surface area contributed by atoms with Crippen molar-refractivity contribution in [3.63, 3.8) is 0 Å². The maximum Gasteiger partial charge on any atom is 0.145 e. The minimum absolute atomic E-state index is 0.935. The highest BCUT2D eigenvalue weighted by atomic mass is 32.1. The first-order valence-corrected chi connectivity index (χ1v) is 17.5. The normalized spacial score (nSPS) is 12.1. The van der Waals surface area contributed by atoms with Gasteiger partial charge in [-0.2, -0.15) is 0 Å². The first-order valence-electron chi connectivity index (χ1n) is 16.6. The van der Waals surface area contributed by atoms with Crippen molar-refractivity contribution in [2.24, 2.45) is 0 Å². The molecule has 0 atom stereocenters. The first kappa shape index (κ1) is 26.8. The van der Waals surface area contributed by atoms with E-state index in [1.165, 1.54) is 63.5 Å². The van der Waals surface area contributed by atoms with Crippen LogP contribution in [0.25, 0.3) is 97.3 Å². The zero-order chi connectivity index (χ0) is 32.1. The summed E-state index contributed by atoms with van der Waals surface area (Å²) in [5.41, 5.74) is 7.86. The largest absolute Gasteiger partial charge is 0.309 e. The third-order valence-corrected chi connectivity index (χ3v) is 11.3. The zero-order valence-corrected chi connectivity index (χ0v) is 27.2. The van der Waals surface area contributed by atoms with E-state index in [9.17, 15) is 0 Å². The smallest absolute Gasteiger partial charge is 0.145 e. The second kappa shape index (κ2) is 10.1. The lowest BCUT2D eigenvalue weighted by Gasteiger charge is -2.13. The van der Waals surface area contributed by atoms with Crippen molar-refractivity contribution >= 4 is 85.9 Å². The molecule has 0 aliphatic carbocycles. The van der Waals surface area contributed by atoms with E-state index in [0.717, 1.165) is 33.8 Å². The molecule has 0 aliphatic rings. The Balaban J connectivity index is 1.24. The average Bonchev–Trinajstić information content (AvgIpc) is 3.85. The van der Waals surface area contributed by atoms with Gasteiger partial charge in [0.25, 0.3) is 0 Å². The predicted octanol–water partition coefficient (Wildman–Crippen LogP) is 12.5. The molecule has 228 valence electrons. The summed E-state index contributed by atoms with van der Waals surface area (Å²) in [7, 11) is 0. The molecule has 8 aromatic carbocycles. The summed E-state index contributed by atoms with van der Waals surface area (Å²) in [5.74, 6) is 0.935. The molecule has 0 fully saturated rings. The van der Waals surface area contributed by atoms with E-state index in [4.69, 9.17) is 4.98 Å². The van der Waals surface area contributed by atoms with Crippen molar-refractivity contribution in [3.8, 4) is 22.8 Å². The van der Waals surface area contributed by atoms with Crippen molar-refractivity contribution < 1.29 is 0 Å². The van der Waals surface area contributed by atoms with Gasteiger partial charge in [-0.3, -0.25) is 4.57 Å². The molecule has 11 aromatic rings. The molecule has 3 heterocycles. The highest BCUT2D eigenvalue weighted by Crippen LogP contribution is 2.47. The molecule has 11 rings (SSSR count). The lowest BCUT2D eigenvalue weighted by molar-refractivity contribution is 1.10. The van der Waals surface area contributed by atoms with Gasteiger partial charge in [0.2, 0.25) is 0 Å². The quantitative estimate of drug-likeness (QED) is 0.176. The Labute approximate surface area is 285 Å². The number of rotatable bonds is 3. The Morgan fingerprint density at radius 2 is 1.04 bits per heavy atom. The van der Waals surface area contributed by atoms with Crippen LogP contribution in [0.15, 0.2) is 164 Å². The zero-order valence-electron chi connectivity index (χ0n) is 26.3. The van der Waals surface area contributed by atoms with Crippen molar-refractivity contribution in [3.05, 3.63) is 164 Å². The van der Waals surface area contributed by atoms with Crippen LogP contribution in [0, 0.1) is 0 Å².